The molecular formula is C22H24N2O4. The van der Waals surface area contributed by atoms with Gasteiger partial charge in [0.1, 0.15) is 5.75 Å². The lowest BCUT2D eigenvalue weighted by Gasteiger charge is -2.34. The van der Waals surface area contributed by atoms with Crippen LogP contribution in [-0.2, 0) is 9.59 Å². The summed E-state index contributed by atoms with van der Waals surface area (Å²) in [4.78, 5) is 38.9. The van der Waals surface area contributed by atoms with Crippen LogP contribution in [0, 0.1) is 13.8 Å². The Morgan fingerprint density at radius 3 is 2.54 bits per heavy atom. The molecule has 1 aliphatic rings. The first-order valence-electron chi connectivity index (χ1n) is 9.29. The summed E-state index contributed by atoms with van der Waals surface area (Å²) >= 11 is 0. The zero-order valence-electron chi connectivity index (χ0n) is 16.3. The number of fused-ring (bicyclic) bond motifs is 1. The molecule has 2 amide bonds. The highest BCUT2D eigenvalue weighted by atomic mass is 16.5. The fourth-order valence-corrected chi connectivity index (χ4v) is 3.18. The summed E-state index contributed by atoms with van der Waals surface area (Å²) in [7, 11) is 1.53. The van der Waals surface area contributed by atoms with Crippen LogP contribution in [0.2, 0.25) is 0 Å². The Labute approximate surface area is 164 Å². The minimum atomic E-state index is -0.778. The van der Waals surface area contributed by atoms with E-state index in [0.717, 1.165) is 11.1 Å². The molecule has 0 radical (unpaired) electrons. The van der Waals surface area contributed by atoms with Crippen LogP contribution >= 0.6 is 0 Å². The van der Waals surface area contributed by atoms with Crippen LogP contribution < -0.4 is 15.0 Å². The van der Waals surface area contributed by atoms with E-state index in [1.165, 1.54) is 11.9 Å². The molecule has 1 heterocycles. The van der Waals surface area contributed by atoms with E-state index in [9.17, 15) is 14.4 Å². The number of anilines is 1. The van der Waals surface area contributed by atoms with Crippen LogP contribution in [0.15, 0.2) is 42.5 Å². The maximum atomic E-state index is 12.9. The number of rotatable bonds is 5. The summed E-state index contributed by atoms with van der Waals surface area (Å²) in [6, 6.07) is 12.7. The van der Waals surface area contributed by atoms with Gasteiger partial charge in [-0.15, -0.1) is 0 Å². The van der Waals surface area contributed by atoms with Gasteiger partial charge in [-0.25, -0.2) is 0 Å². The highest BCUT2D eigenvalue weighted by Crippen LogP contribution is 2.33. The lowest BCUT2D eigenvalue weighted by molar-refractivity contribution is -0.127. The van der Waals surface area contributed by atoms with Crippen molar-refractivity contribution >= 4 is 23.3 Å². The van der Waals surface area contributed by atoms with Gasteiger partial charge in [0, 0.05) is 25.5 Å². The first kappa shape index (κ1) is 19.6. The van der Waals surface area contributed by atoms with E-state index in [1.807, 2.05) is 32.0 Å². The lowest BCUT2D eigenvalue weighted by atomic mass is 10.0. The Bertz CT molecular complexity index is 923. The molecule has 0 aromatic heterocycles. The van der Waals surface area contributed by atoms with E-state index in [2.05, 4.69) is 5.32 Å². The SMILES string of the molecule is CNC(=O)[C@@H]1CN(C(=O)CCC(=O)c2ccc(C)c(C)c2)c2ccccc2O1. The normalized spacial score (nSPS) is 15.4. The number of ether oxygens (including phenoxy) is 1. The lowest BCUT2D eigenvalue weighted by Crippen LogP contribution is -2.50. The molecule has 6 heteroatoms. The smallest absolute Gasteiger partial charge is 0.262 e. The Morgan fingerprint density at radius 1 is 1.07 bits per heavy atom. The molecule has 0 unspecified atom stereocenters. The molecule has 0 saturated carbocycles. The number of Topliss-reactive ketones (excluding diaryl/α,β-unsaturated/α-hetero) is 1. The highest BCUT2D eigenvalue weighted by Gasteiger charge is 2.33. The summed E-state index contributed by atoms with van der Waals surface area (Å²) < 4.78 is 5.71. The Kier molecular flexibility index (Phi) is 5.78. The molecule has 6 nitrogen and oxygen atoms in total. The van der Waals surface area contributed by atoms with Gasteiger partial charge in [0.25, 0.3) is 5.91 Å². The number of nitrogens with zero attached hydrogens (tertiary/aromatic N) is 1. The topological polar surface area (TPSA) is 75.7 Å². The van der Waals surface area contributed by atoms with Crippen LogP contribution in [0.5, 0.6) is 5.75 Å². The van der Waals surface area contributed by atoms with Crippen LogP contribution in [0.4, 0.5) is 5.69 Å². The predicted octanol–water partition coefficient (Wildman–Crippen LogP) is 2.81. The molecule has 0 fully saturated rings. The van der Waals surface area contributed by atoms with E-state index in [4.69, 9.17) is 4.74 Å². The number of amides is 2. The molecule has 0 saturated heterocycles. The van der Waals surface area contributed by atoms with Gasteiger partial charge in [0.15, 0.2) is 11.9 Å². The quantitative estimate of drug-likeness (QED) is 0.810. The Morgan fingerprint density at radius 2 is 1.82 bits per heavy atom. The zero-order chi connectivity index (χ0) is 20.3. The third-order valence-electron chi connectivity index (χ3n) is 5.01. The van der Waals surface area contributed by atoms with Gasteiger partial charge in [-0.2, -0.15) is 0 Å². The molecule has 28 heavy (non-hydrogen) atoms. The predicted molar refractivity (Wildman–Crippen MR) is 107 cm³/mol. The average Bonchev–Trinajstić information content (AvgIpc) is 2.72. The largest absolute Gasteiger partial charge is 0.477 e. The second-order valence-corrected chi connectivity index (χ2v) is 6.92. The molecule has 146 valence electrons. The standard InChI is InChI=1S/C22H24N2O4/c1-14-8-9-16(12-15(14)2)18(25)10-11-21(26)24-13-20(22(27)23-3)28-19-7-5-4-6-17(19)24/h4-9,12,20H,10-11,13H2,1-3H3,(H,23,27)/t20-/m0/s1. The maximum Gasteiger partial charge on any atom is 0.262 e. The van der Waals surface area contributed by atoms with Crippen LogP contribution in [0.3, 0.4) is 0 Å². The fourth-order valence-electron chi connectivity index (χ4n) is 3.18. The molecule has 1 atom stereocenters. The number of carbonyl (C=O) groups is 3. The Balaban J connectivity index is 1.73. The van der Waals surface area contributed by atoms with Crippen molar-refractivity contribution in [1.29, 1.82) is 0 Å². The molecule has 1 aliphatic heterocycles. The number of hydrogen-bond donors (Lipinski definition) is 1. The van der Waals surface area contributed by atoms with E-state index >= 15 is 0 Å². The number of nitrogens with one attached hydrogen (secondary N) is 1. The highest BCUT2D eigenvalue weighted by molar-refractivity contribution is 6.02. The summed E-state index contributed by atoms with van der Waals surface area (Å²) in [5.74, 6) is -0.0858. The van der Waals surface area contributed by atoms with Crippen LogP contribution in [0.1, 0.15) is 34.3 Å². The summed E-state index contributed by atoms with van der Waals surface area (Å²) in [6.45, 7) is 4.07. The van der Waals surface area contributed by atoms with Crippen molar-refractivity contribution in [3.05, 3.63) is 59.2 Å². The van der Waals surface area contributed by atoms with E-state index in [-0.39, 0.29) is 37.0 Å². The van der Waals surface area contributed by atoms with Gasteiger partial charge < -0.3 is 15.0 Å². The monoisotopic (exact) mass is 380 g/mol. The van der Waals surface area contributed by atoms with E-state index in [1.54, 1.807) is 24.3 Å². The molecule has 0 spiro atoms. The van der Waals surface area contributed by atoms with Gasteiger partial charge in [-0.05, 0) is 43.2 Å². The van der Waals surface area contributed by atoms with Crippen molar-refractivity contribution in [2.45, 2.75) is 32.8 Å². The van der Waals surface area contributed by atoms with Gasteiger partial charge in [-0.3, -0.25) is 14.4 Å². The van der Waals surface area contributed by atoms with Gasteiger partial charge in [0.05, 0.1) is 12.2 Å². The van der Waals surface area contributed by atoms with E-state index in [0.29, 0.717) is 17.0 Å². The second kappa shape index (κ2) is 8.25. The number of likely N-dealkylation sites (N-methyl/N-ethyl adjacent to an activating group) is 1. The van der Waals surface area contributed by atoms with Crippen LogP contribution in [-0.4, -0.2) is 37.3 Å². The van der Waals surface area contributed by atoms with Gasteiger partial charge in [-0.1, -0.05) is 24.3 Å². The molecule has 1 N–H and O–H groups in total. The van der Waals surface area contributed by atoms with Crippen molar-refractivity contribution in [2.75, 3.05) is 18.5 Å². The number of para-hydroxylation sites is 2. The molecule has 0 bridgehead atoms. The number of ketones is 1. The van der Waals surface area contributed by atoms with Crippen molar-refractivity contribution in [2.24, 2.45) is 0 Å². The first-order valence-corrected chi connectivity index (χ1v) is 9.29. The minimum Gasteiger partial charge on any atom is -0.477 e. The molecule has 2 aromatic carbocycles. The summed E-state index contributed by atoms with van der Waals surface area (Å²) in [6.07, 6.45) is -0.592. The second-order valence-electron chi connectivity index (χ2n) is 6.92. The van der Waals surface area contributed by atoms with Crippen molar-refractivity contribution in [1.82, 2.24) is 5.32 Å². The third kappa shape index (κ3) is 4.06. The molecule has 3 rings (SSSR count). The van der Waals surface area contributed by atoms with Gasteiger partial charge in [0.2, 0.25) is 5.91 Å². The minimum absolute atomic E-state index is 0.0687. The van der Waals surface area contributed by atoms with Crippen molar-refractivity contribution in [3.8, 4) is 5.75 Å². The van der Waals surface area contributed by atoms with Gasteiger partial charge >= 0.3 is 0 Å². The Hall–Kier alpha value is -3.15. The molecule has 0 aliphatic carbocycles. The summed E-state index contributed by atoms with van der Waals surface area (Å²) in [5, 5.41) is 2.55. The number of aryl methyl sites for hydroxylation is 2. The molecule has 2 aromatic rings. The number of carbonyl (C=O) groups excluding carboxylic acids is 3. The summed E-state index contributed by atoms with van der Waals surface area (Å²) in [5.41, 5.74) is 3.40. The maximum absolute atomic E-state index is 12.9. The number of hydrogen-bond acceptors (Lipinski definition) is 4. The van der Waals surface area contributed by atoms with Crippen molar-refractivity contribution < 1.29 is 19.1 Å². The van der Waals surface area contributed by atoms with Crippen LogP contribution in [0.25, 0.3) is 0 Å². The van der Waals surface area contributed by atoms with E-state index < -0.39 is 6.10 Å². The third-order valence-corrected chi connectivity index (χ3v) is 5.01. The van der Waals surface area contributed by atoms with Crippen molar-refractivity contribution in [3.63, 3.8) is 0 Å². The zero-order valence-corrected chi connectivity index (χ0v) is 16.3. The number of benzene rings is 2. The average molecular weight is 380 g/mol. The first-order chi connectivity index (χ1) is 13.4. The molecular weight excluding hydrogens is 356 g/mol. The fraction of sp³-hybridized carbons (Fsp3) is 0.318.